The highest BCUT2D eigenvalue weighted by Gasteiger charge is 2.17. The maximum atomic E-state index is 12.2. The van der Waals surface area contributed by atoms with Crippen LogP contribution < -0.4 is 0 Å². The van der Waals surface area contributed by atoms with Gasteiger partial charge in [0.15, 0.2) is 5.78 Å². The van der Waals surface area contributed by atoms with E-state index in [0.717, 1.165) is 16.0 Å². The van der Waals surface area contributed by atoms with Crippen molar-refractivity contribution in [3.63, 3.8) is 0 Å². The lowest BCUT2D eigenvalue weighted by Gasteiger charge is -2.14. The molecule has 0 aliphatic carbocycles. The lowest BCUT2D eigenvalue weighted by atomic mass is 10.0. The van der Waals surface area contributed by atoms with Gasteiger partial charge in [-0.15, -0.1) is 0 Å². The molecule has 0 amide bonds. The highest BCUT2D eigenvalue weighted by molar-refractivity contribution is 8.76. The maximum absolute atomic E-state index is 12.2. The van der Waals surface area contributed by atoms with E-state index >= 15 is 0 Å². The van der Waals surface area contributed by atoms with E-state index in [9.17, 15) is 4.79 Å². The highest BCUT2D eigenvalue weighted by atomic mass is 33.1. The van der Waals surface area contributed by atoms with Crippen molar-refractivity contribution in [2.45, 2.75) is 16.2 Å². The minimum absolute atomic E-state index is 0.209. The molecule has 0 unspecified atom stereocenters. The van der Waals surface area contributed by atoms with Crippen molar-refractivity contribution >= 4 is 27.4 Å². The van der Waals surface area contributed by atoms with E-state index < -0.39 is 0 Å². The summed E-state index contributed by atoms with van der Waals surface area (Å²) in [5.74, 6) is 0.209. The molecule has 0 saturated carbocycles. The summed E-state index contributed by atoms with van der Waals surface area (Å²) in [4.78, 5) is 14.5. The van der Waals surface area contributed by atoms with Gasteiger partial charge in [-0.2, -0.15) is 0 Å². The Labute approximate surface area is 108 Å². The van der Waals surface area contributed by atoms with Gasteiger partial charge < -0.3 is 0 Å². The summed E-state index contributed by atoms with van der Waals surface area (Å²) in [7, 11) is 3.40. The van der Waals surface area contributed by atoms with Gasteiger partial charge in [-0.3, -0.25) is 4.79 Å². The fourth-order valence-corrected chi connectivity index (χ4v) is 4.29. The quantitative estimate of drug-likeness (QED) is 0.658. The summed E-state index contributed by atoms with van der Waals surface area (Å²) in [6, 6.07) is 16.0. The predicted molar refractivity (Wildman–Crippen MR) is 72.6 cm³/mol. The molecule has 2 aromatic carbocycles. The number of carbonyl (C=O) groups excluding carboxylic acids is 1. The van der Waals surface area contributed by atoms with Crippen LogP contribution in [-0.4, -0.2) is 5.78 Å². The van der Waals surface area contributed by atoms with Crippen LogP contribution in [0, 0.1) is 0 Å². The number of benzene rings is 2. The van der Waals surface area contributed by atoms with Crippen molar-refractivity contribution in [2.24, 2.45) is 0 Å². The first-order valence-corrected chi connectivity index (χ1v) is 7.54. The van der Waals surface area contributed by atoms with Gasteiger partial charge in [0.05, 0.1) is 0 Å². The second-order valence-electron chi connectivity index (χ2n) is 3.87. The van der Waals surface area contributed by atoms with Crippen LogP contribution >= 0.6 is 21.6 Å². The molecule has 0 bridgehead atoms. The molecular weight excluding hydrogens is 248 g/mol. The number of rotatable bonds is 0. The van der Waals surface area contributed by atoms with E-state index in [2.05, 4.69) is 6.07 Å². The molecule has 0 radical (unpaired) electrons. The minimum atomic E-state index is 0.209. The zero-order chi connectivity index (χ0) is 11.7. The number of carbonyl (C=O) groups is 1. The molecule has 1 nitrogen and oxygen atoms in total. The largest absolute Gasteiger partial charge is 0.294 e. The van der Waals surface area contributed by atoms with Crippen LogP contribution in [0.1, 0.15) is 15.9 Å². The van der Waals surface area contributed by atoms with E-state index in [-0.39, 0.29) is 5.78 Å². The van der Waals surface area contributed by atoms with E-state index in [1.54, 1.807) is 21.6 Å². The topological polar surface area (TPSA) is 17.1 Å². The Morgan fingerprint density at radius 1 is 0.824 bits per heavy atom. The van der Waals surface area contributed by atoms with Gasteiger partial charge in [-0.1, -0.05) is 58.0 Å². The summed E-state index contributed by atoms with van der Waals surface area (Å²) < 4.78 is 0. The molecule has 0 spiro atoms. The van der Waals surface area contributed by atoms with Crippen molar-refractivity contribution in [2.75, 3.05) is 0 Å². The first kappa shape index (κ1) is 10.9. The van der Waals surface area contributed by atoms with Crippen molar-refractivity contribution in [3.05, 3.63) is 59.7 Å². The standard InChI is InChI=1S/C14H10OS2/c15-12-9-10-5-1-3-7-13(10)16-17-14-8-4-2-6-11(12)14/h1-8H,9H2. The second kappa shape index (κ2) is 4.59. The average molecular weight is 258 g/mol. The maximum Gasteiger partial charge on any atom is 0.168 e. The van der Waals surface area contributed by atoms with Gasteiger partial charge >= 0.3 is 0 Å². The fraction of sp³-hybridized carbons (Fsp3) is 0.0714. The Kier molecular flexibility index (Phi) is 2.95. The molecule has 2 aromatic rings. The lowest BCUT2D eigenvalue weighted by Crippen LogP contribution is -2.07. The Morgan fingerprint density at radius 3 is 2.35 bits per heavy atom. The third-order valence-corrected chi connectivity index (χ3v) is 5.26. The Morgan fingerprint density at radius 2 is 1.47 bits per heavy atom. The normalized spacial score (nSPS) is 14.5. The van der Waals surface area contributed by atoms with Crippen LogP contribution in [0.5, 0.6) is 0 Å². The lowest BCUT2D eigenvalue weighted by molar-refractivity contribution is 0.0989. The van der Waals surface area contributed by atoms with Crippen molar-refractivity contribution in [3.8, 4) is 0 Å². The first-order chi connectivity index (χ1) is 8.34. The second-order valence-corrected chi connectivity index (χ2v) is 6.08. The van der Waals surface area contributed by atoms with Crippen LogP contribution in [0.2, 0.25) is 0 Å². The summed E-state index contributed by atoms with van der Waals surface area (Å²) in [6.45, 7) is 0. The molecule has 17 heavy (non-hydrogen) atoms. The molecular formula is C14H10OS2. The molecule has 3 heteroatoms. The van der Waals surface area contributed by atoms with Crippen molar-refractivity contribution in [1.29, 1.82) is 0 Å². The van der Waals surface area contributed by atoms with Gasteiger partial charge in [-0.05, 0) is 17.7 Å². The van der Waals surface area contributed by atoms with Gasteiger partial charge in [0.25, 0.3) is 0 Å². The van der Waals surface area contributed by atoms with Crippen LogP contribution in [-0.2, 0) is 6.42 Å². The van der Waals surface area contributed by atoms with E-state index in [0.29, 0.717) is 6.42 Å². The highest BCUT2D eigenvalue weighted by Crippen LogP contribution is 2.42. The smallest absolute Gasteiger partial charge is 0.168 e. The molecule has 0 fully saturated rings. The van der Waals surface area contributed by atoms with E-state index in [1.165, 1.54) is 4.90 Å². The Hall–Kier alpha value is -1.19. The van der Waals surface area contributed by atoms with Crippen LogP contribution in [0.3, 0.4) is 0 Å². The van der Waals surface area contributed by atoms with Gasteiger partial charge in [0, 0.05) is 21.8 Å². The molecule has 0 N–H and O–H groups in total. The molecule has 84 valence electrons. The Balaban J connectivity index is 2.06. The fourth-order valence-electron chi connectivity index (χ4n) is 1.86. The number of hydrogen-bond acceptors (Lipinski definition) is 3. The molecule has 0 atom stereocenters. The Bertz CT molecular complexity index is 578. The average Bonchev–Trinajstić information content (AvgIpc) is 2.36. The monoisotopic (exact) mass is 258 g/mol. The van der Waals surface area contributed by atoms with Crippen LogP contribution in [0.15, 0.2) is 58.3 Å². The summed E-state index contributed by atoms with van der Waals surface area (Å²) in [5, 5.41) is 0. The van der Waals surface area contributed by atoms with Gasteiger partial charge in [0.1, 0.15) is 0 Å². The zero-order valence-electron chi connectivity index (χ0n) is 9.05. The predicted octanol–water partition coefficient (Wildman–Crippen LogP) is 4.22. The molecule has 0 saturated heterocycles. The number of fused-ring (bicyclic) bond motifs is 2. The van der Waals surface area contributed by atoms with E-state index in [4.69, 9.17) is 0 Å². The molecule has 1 aliphatic heterocycles. The van der Waals surface area contributed by atoms with E-state index in [1.807, 2.05) is 42.5 Å². The number of ketones is 1. The summed E-state index contributed by atoms with van der Waals surface area (Å²) >= 11 is 0. The van der Waals surface area contributed by atoms with Crippen molar-refractivity contribution < 1.29 is 4.79 Å². The van der Waals surface area contributed by atoms with Gasteiger partial charge in [-0.25, -0.2) is 0 Å². The van der Waals surface area contributed by atoms with Crippen LogP contribution in [0.25, 0.3) is 0 Å². The minimum Gasteiger partial charge on any atom is -0.294 e. The first-order valence-electron chi connectivity index (χ1n) is 5.39. The molecule has 1 heterocycles. The third-order valence-electron chi connectivity index (χ3n) is 2.73. The number of Topliss-reactive ketones (excluding diaryl/α,β-unsaturated/α-hetero) is 1. The van der Waals surface area contributed by atoms with Crippen LogP contribution in [0.4, 0.5) is 0 Å². The SMILES string of the molecule is O=C1Cc2ccccc2SSc2ccccc21. The summed E-state index contributed by atoms with van der Waals surface area (Å²) in [5.41, 5.74) is 1.98. The van der Waals surface area contributed by atoms with Crippen molar-refractivity contribution in [1.82, 2.24) is 0 Å². The zero-order valence-corrected chi connectivity index (χ0v) is 10.7. The number of hydrogen-bond donors (Lipinski definition) is 0. The third kappa shape index (κ3) is 2.13. The molecule has 0 aromatic heterocycles. The van der Waals surface area contributed by atoms with Gasteiger partial charge in [0.2, 0.25) is 0 Å². The summed E-state index contributed by atoms with van der Waals surface area (Å²) in [6.07, 6.45) is 0.501. The molecule has 1 aliphatic rings. The molecule has 3 rings (SSSR count).